The molecule has 6 nitrogen and oxygen atoms in total. The van der Waals surface area contributed by atoms with Gasteiger partial charge in [-0.05, 0) is 56.2 Å². The summed E-state index contributed by atoms with van der Waals surface area (Å²) in [6, 6.07) is 5.94. The first-order valence-corrected chi connectivity index (χ1v) is 11.2. The molecular formula is C23H28N2O4S. The van der Waals surface area contributed by atoms with E-state index in [9.17, 15) is 14.4 Å². The van der Waals surface area contributed by atoms with Gasteiger partial charge in [-0.25, -0.2) is 4.79 Å². The number of benzene rings is 1. The van der Waals surface area contributed by atoms with E-state index in [0.29, 0.717) is 10.6 Å². The van der Waals surface area contributed by atoms with Gasteiger partial charge in [-0.2, -0.15) is 0 Å². The highest BCUT2D eigenvalue weighted by molar-refractivity contribution is 7.16. The van der Waals surface area contributed by atoms with Crippen LogP contribution in [0.2, 0.25) is 0 Å². The number of amides is 2. The summed E-state index contributed by atoms with van der Waals surface area (Å²) in [5, 5.41) is 6.24. The first-order valence-electron chi connectivity index (χ1n) is 10.3. The molecule has 2 N–H and O–H groups in total. The molecule has 1 aromatic carbocycles. The predicted molar refractivity (Wildman–Crippen MR) is 119 cm³/mol. The molecule has 0 saturated heterocycles. The van der Waals surface area contributed by atoms with Crippen LogP contribution >= 0.6 is 11.3 Å². The van der Waals surface area contributed by atoms with Gasteiger partial charge in [0.15, 0.2) is 6.61 Å². The van der Waals surface area contributed by atoms with Crippen molar-refractivity contribution in [2.24, 2.45) is 5.92 Å². The highest BCUT2D eigenvalue weighted by atomic mass is 32.1. The Morgan fingerprint density at radius 1 is 1.07 bits per heavy atom. The molecule has 0 bridgehead atoms. The van der Waals surface area contributed by atoms with Gasteiger partial charge in [0.2, 0.25) is 5.91 Å². The largest absolute Gasteiger partial charge is 0.452 e. The van der Waals surface area contributed by atoms with Gasteiger partial charge in [0, 0.05) is 16.5 Å². The van der Waals surface area contributed by atoms with Gasteiger partial charge >= 0.3 is 5.97 Å². The molecule has 1 aliphatic carbocycles. The lowest BCUT2D eigenvalue weighted by atomic mass is 10.0. The number of carbonyl (C=O) groups excluding carboxylic acids is 3. The van der Waals surface area contributed by atoms with Crippen molar-refractivity contribution in [3.63, 3.8) is 0 Å². The first-order chi connectivity index (χ1) is 14.3. The number of thiophene rings is 1. The molecule has 160 valence electrons. The summed E-state index contributed by atoms with van der Waals surface area (Å²) in [4.78, 5) is 38.3. The van der Waals surface area contributed by atoms with E-state index in [1.54, 1.807) is 0 Å². The summed E-state index contributed by atoms with van der Waals surface area (Å²) in [7, 11) is 0. The van der Waals surface area contributed by atoms with E-state index in [0.717, 1.165) is 52.9 Å². The predicted octanol–water partition coefficient (Wildman–Crippen LogP) is 4.63. The second kappa shape index (κ2) is 9.43. The molecule has 0 unspecified atom stereocenters. The van der Waals surface area contributed by atoms with Crippen LogP contribution in [0.25, 0.3) is 0 Å². The summed E-state index contributed by atoms with van der Waals surface area (Å²) in [5.74, 6) is -1.01. The lowest BCUT2D eigenvalue weighted by Gasteiger charge is -2.14. The minimum atomic E-state index is -0.599. The fourth-order valence-corrected chi connectivity index (χ4v) is 4.35. The Balaban J connectivity index is 1.67. The number of rotatable bonds is 8. The van der Waals surface area contributed by atoms with E-state index in [4.69, 9.17) is 4.74 Å². The van der Waals surface area contributed by atoms with Crippen LogP contribution in [0.5, 0.6) is 0 Å². The van der Waals surface area contributed by atoms with E-state index in [2.05, 4.69) is 10.6 Å². The Morgan fingerprint density at radius 2 is 1.70 bits per heavy atom. The molecule has 30 heavy (non-hydrogen) atoms. The van der Waals surface area contributed by atoms with Crippen LogP contribution in [0.15, 0.2) is 18.2 Å². The van der Waals surface area contributed by atoms with E-state index < -0.39 is 5.97 Å². The molecular weight excluding hydrogens is 400 g/mol. The second-order valence-corrected chi connectivity index (χ2v) is 8.76. The summed E-state index contributed by atoms with van der Waals surface area (Å²) in [5.41, 5.74) is 3.99. The van der Waals surface area contributed by atoms with Crippen LogP contribution in [0.3, 0.4) is 0 Å². The van der Waals surface area contributed by atoms with E-state index >= 15 is 0 Å². The van der Waals surface area contributed by atoms with Crippen LogP contribution in [-0.2, 0) is 27.2 Å². The van der Waals surface area contributed by atoms with Crippen LogP contribution in [0.4, 0.5) is 10.7 Å². The molecule has 0 atom stereocenters. The Morgan fingerprint density at radius 3 is 2.27 bits per heavy atom. The molecule has 2 aromatic rings. The normalized spacial score (nSPS) is 13.1. The summed E-state index contributed by atoms with van der Waals surface area (Å²) in [6.07, 6.45) is 3.35. The van der Waals surface area contributed by atoms with Gasteiger partial charge in [-0.15, -0.1) is 11.3 Å². The van der Waals surface area contributed by atoms with Crippen molar-refractivity contribution >= 4 is 39.8 Å². The zero-order valence-corrected chi connectivity index (χ0v) is 18.7. The maximum Gasteiger partial charge on any atom is 0.341 e. The minimum absolute atomic E-state index is 0.0359. The van der Waals surface area contributed by atoms with Crippen molar-refractivity contribution in [1.82, 2.24) is 0 Å². The lowest BCUT2D eigenvalue weighted by molar-refractivity contribution is -0.119. The van der Waals surface area contributed by atoms with Crippen LogP contribution < -0.4 is 10.6 Å². The SMILES string of the molecule is CCc1cccc(CC)c1NC(=O)COC(=O)c1c(NC(=O)C2CC2)sc(C)c1C. The molecule has 1 heterocycles. The quantitative estimate of drug-likeness (QED) is 0.600. The second-order valence-electron chi connectivity index (χ2n) is 7.53. The zero-order chi connectivity index (χ0) is 21.8. The van der Waals surface area contributed by atoms with Crippen LogP contribution in [0.1, 0.15) is 58.6 Å². The fourth-order valence-electron chi connectivity index (χ4n) is 3.30. The summed E-state index contributed by atoms with van der Waals surface area (Å²) in [6.45, 7) is 7.39. The highest BCUT2D eigenvalue weighted by Crippen LogP contribution is 2.36. The van der Waals surface area contributed by atoms with Crippen molar-refractivity contribution in [3.8, 4) is 0 Å². The average molecular weight is 429 g/mol. The Hall–Kier alpha value is -2.67. The molecule has 0 aliphatic heterocycles. The third kappa shape index (κ3) is 4.90. The molecule has 1 fully saturated rings. The molecule has 2 amide bonds. The number of anilines is 2. The van der Waals surface area contributed by atoms with E-state index in [-0.39, 0.29) is 24.3 Å². The molecule has 7 heteroatoms. The van der Waals surface area contributed by atoms with Gasteiger partial charge in [-0.3, -0.25) is 9.59 Å². The minimum Gasteiger partial charge on any atom is -0.452 e. The van der Waals surface area contributed by atoms with Gasteiger partial charge in [0.25, 0.3) is 5.91 Å². The van der Waals surface area contributed by atoms with Crippen LogP contribution in [0, 0.1) is 19.8 Å². The van der Waals surface area contributed by atoms with Gasteiger partial charge in [0.1, 0.15) is 5.00 Å². The molecule has 0 spiro atoms. The van der Waals surface area contributed by atoms with Crippen molar-refractivity contribution < 1.29 is 19.1 Å². The molecule has 3 rings (SSSR count). The van der Waals surface area contributed by atoms with Crippen LogP contribution in [-0.4, -0.2) is 24.4 Å². The van der Waals surface area contributed by atoms with Crippen molar-refractivity contribution in [1.29, 1.82) is 0 Å². The maximum atomic E-state index is 12.7. The Kier molecular flexibility index (Phi) is 6.92. The van der Waals surface area contributed by atoms with Crippen molar-refractivity contribution in [2.75, 3.05) is 17.2 Å². The maximum absolute atomic E-state index is 12.7. The van der Waals surface area contributed by atoms with Gasteiger partial charge in [0.05, 0.1) is 5.56 Å². The number of para-hydroxylation sites is 1. The third-order valence-electron chi connectivity index (χ3n) is 5.37. The highest BCUT2D eigenvalue weighted by Gasteiger charge is 2.31. The van der Waals surface area contributed by atoms with Crippen molar-refractivity contribution in [3.05, 3.63) is 45.3 Å². The molecule has 1 saturated carbocycles. The number of carbonyl (C=O) groups is 3. The monoisotopic (exact) mass is 428 g/mol. The van der Waals surface area contributed by atoms with Gasteiger partial charge in [-0.1, -0.05) is 32.0 Å². The topological polar surface area (TPSA) is 84.5 Å². The molecule has 0 radical (unpaired) electrons. The number of hydrogen-bond acceptors (Lipinski definition) is 5. The van der Waals surface area contributed by atoms with E-state index in [1.165, 1.54) is 11.3 Å². The first kappa shape index (κ1) is 22.0. The molecule has 1 aliphatic rings. The number of hydrogen-bond donors (Lipinski definition) is 2. The smallest absolute Gasteiger partial charge is 0.341 e. The van der Waals surface area contributed by atoms with Gasteiger partial charge < -0.3 is 15.4 Å². The third-order valence-corrected chi connectivity index (χ3v) is 6.49. The number of nitrogens with one attached hydrogen (secondary N) is 2. The number of aryl methyl sites for hydroxylation is 3. The molecule has 1 aromatic heterocycles. The summed E-state index contributed by atoms with van der Waals surface area (Å²) < 4.78 is 5.31. The number of esters is 1. The van der Waals surface area contributed by atoms with Crippen molar-refractivity contribution in [2.45, 2.75) is 53.4 Å². The summed E-state index contributed by atoms with van der Waals surface area (Å²) >= 11 is 1.36. The zero-order valence-electron chi connectivity index (χ0n) is 17.9. The Bertz CT molecular complexity index is 954. The standard InChI is InChI=1S/C23H28N2O4S/c1-5-15-8-7-9-16(6-2)20(15)24-18(26)12-29-23(28)19-13(3)14(4)30-22(19)25-21(27)17-10-11-17/h7-9,17H,5-6,10-12H2,1-4H3,(H,24,26)(H,25,27). The lowest BCUT2D eigenvalue weighted by Crippen LogP contribution is -2.23. The fraction of sp³-hybridized carbons (Fsp3) is 0.435. The van der Waals surface area contributed by atoms with E-state index in [1.807, 2.05) is 45.9 Å². The number of ether oxygens (including phenoxy) is 1. The average Bonchev–Trinajstić information content (AvgIpc) is 3.53. The Labute approximate surface area is 181 Å².